The van der Waals surface area contributed by atoms with Crippen LogP contribution < -0.4 is 4.74 Å². The standard InChI is InChI=1S/C15H12ClN3O2S2/c1-21-12-5-3-2-4-10(12)19-9-17-18-15(19)22-8-11(20)13-6-7-14(16)23-13/h2-7,9H,8H2,1H3. The lowest BCUT2D eigenvalue weighted by Gasteiger charge is -2.10. The number of thiophene rings is 1. The number of carbonyl (C=O) groups excluding carboxylic acids is 1. The van der Waals surface area contributed by atoms with Gasteiger partial charge in [0.15, 0.2) is 10.9 Å². The van der Waals surface area contributed by atoms with E-state index in [0.29, 0.717) is 20.1 Å². The summed E-state index contributed by atoms with van der Waals surface area (Å²) >= 11 is 8.47. The van der Waals surface area contributed by atoms with Crippen molar-refractivity contribution in [2.24, 2.45) is 0 Å². The number of benzene rings is 1. The van der Waals surface area contributed by atoms with Crippen molar-refractivity contribution in [3.8, 4) is 11.4 Å². The van der Waals surface area contributed by atoms with Crippen LogP contribution in [-0.2, 0) is 0 Å². The Morgan fingerprint density at radius 2 is 2.17 bits per heavy atom. The van der Waals surface area contributed by atoms with Crippen LogP contribution in [0.3, 0.4) is 0 Å². The number of methoxy groups -OCH3 is 1. The SMILES string of the molecule is COc1ccccc1-n1cnnc1SCC(=O)c1ccc(Cl)s1. The van der Waals surface area contributed by atoms with E-state index in [1.54, 1.807) is 30.1 Å². The molecule has 23 heavy (non-hydrogen) atoms. The lowest BCUT2D eigenvalue weighted by molar-refractivity contribution is 0.102. The Bertz CT molecular complexity index is 832. The van der Waals surface area contributed by atoms with Gasteiger partial charge in [0.2, 0.25) is 0 Å². The maximum Gasteiger partial charge on any atom is 0.196 e. The minimum absolute atomic E-state index is 0.0153. The first-order valence-electron chi connectivity index (χ1n) is 6.64. The number of halogens is 1. The van der Waals surface area contributed by atoms with Gasteiger partial charge < -0.3 is 4.74 Å². The third-order valence-electron chi connectivity index (χ3n) is 3.04. The number of thioether (sulfide) groups is 1. The zero-order valence-corrected chi connectivity index (χ0v) is 14.5. The predicted molar refractivity (Wildman–Crippen MR) is 92.3 cm³/mol. The van der Waals surface area contributed by atoms with Crippen molar-refractivity contribution < 1.29 is 9.53 Å². The van der Waals surface area contributed by atoms with Crippen LogP contribution in [0.15, 0.2) is 47.9 Å². The molecule has 8 heteroatoms. The molecule has 0 amide bonds. The van der Waals surface area contributed by atoms with E-state index in [1.165, 1.54) is 23.1 Å². The topological polar surface area (TPSA) is 57.0 Å². The van der Waals surface area contributed by atoms with Gasteiger partial charge in [-0.3, -0.25) is 9.36 Å². The number of nitrogens with zero attached hydrogens (tertiary/aromatic N) is 3. The molecule has 0 spiro atoms. The van der Waals surface area contributed by atoms with Crippen molar-refractivity contribution in [2.75, 3.05) is 12.9 Å². The minimum atomic E-state index is 0.0153. The molecule has 0 unspecified atom stereocenters. The van der Waals surface area contributed by atoms with Crippen molar-refractivity contribution >= 4 is 40.5 Å². The second-order valence-electron chi connectivity index (χ2n) is 4.47. The lowest BCUT2D eigenvalue weighted by atomic mass is 10.3. The molecular weight excluding hydrogens is 354 g/mol. The molecule has 3 aromatic rings. The molecule has 3 rings (SSSR count). The van der Waals surface area contributed by atoms with Gasteiger partial charge in [-0.2, -0.15) is 0 Å². The molecule has 2 heterocycles. The number of aromatic nitrogens is 3. The Balaban J connectivity index is 1.78. The van der Waals surface area contributed by atoms with Crippen LogP contribution >= 0.6 is 34.7 Å². The molecule has 0 fully saturated rings. The molecule has 118 valence electrons. The molecule has 0 bridgehead atoms. The quantitative estimate of drug-likeness (QED) is 0.488. The second kappa shape index (κ2) is 7.16. The van der Waals surface area contributed by atoms with Crippen LogP contribution in [0.4, 0.5) is 0 Å². The van der Waals surface area contributed by atoms with Crippen LogP contribution in [0.25, 0.3) is 5.69 Å². The van der Waals surface area contributed by atoms with Gasteiger partial charge in [0.25, 0.3) is 0 Å². The predicted octanol–water partition coefficient (Wildman–Crippen LogP) is 3.97. The average molecular weight is 366 g/mol. The number of hydrogen-bond donors (Lipinski definition) is 0. The minimum Gasteiger partial charge on any atom is -0.495 e. The van der Waals surface area contributed by atoms with E-state index in [4.69, 9.17) is 16.3 Å². The number of rotatable bonds is 6. The van der Waals surface area contributed by atoms with Crippen LogP contribution in [0, 0.1) is 0 Å². The molecule has 0 aliphatic heterocycles. The zero-order valence-electron chi connectivity index (χ0n) is 12.1. The summed E-state index contributed by atoms with van der Waals surface area (Å²) in [6, 6.07) is 11.0. The van der Waals surface area contributed by atoms with Gasteiger partial charge >= 0.3 is 0 Å². The smallest absolute Gasteiger partial charge is 0.196 e. The summed E-state index contributed by atoms with van der Waals surface area (Å²) in [6.45, 7) is 0. The van der Waals surface area contributed by atoms with Crippen LogP contribution in [0.1, 0.15) is 9.67 Å². The molecular formula is C15H12ClN3O2S2. The first-order chi connectivity index (χ1) is 11.2. The van der Waals surface area contributed by atoms with Crippen LogP contribution in [0.5, 0.6) is 5.75 Å². The Labute approximate surface area is 146 Å². The third-order valence-corrected chi connectivity index (χ3v) is 5.26. The van der Waals surface area contributed by atoms with E-state index in [2.05, 4.69) is 10.2 Å². The average Bonchev–Trinajstić information content (AvgIpc) is 3.21. The summed E-state index contributed by atoms with van der Waals surface area (Å²) in [5.41, 5.74) is 0.828. The van der Waals surface area contributed by atoms with Gasteiger partial charge in [0, 0.05) is 0 Å². The van der Waals surface area contributed by atoms with Crippen molar-refractivity contribution in [3.05, 3.63) is 51.9 Å². The maximum atomic E-state index is 12.2. The van der Waals surface area contributed by atoms with Gasteiger partial charge in [-0.15, -0.1) is 21.5 Å². The van der Waals surface area contributed by atoms with E-state index in [0.717, 1.165) is 5.69 Å². The summed E-state index contributed by atoms with van der Waals surface area (Å²) in [7, 11) is 1.61. The Hall–Kier alpha value is -1.83. The van der Waals surface area contributed by atoms with Crippen LogP contribution in [0.2, 0.25) is 4.34 Å². The first kappa shape index (κ1) is 16.0. The van der Waals surface area contributed by atoms with Crippen molar-refractivity contribution in [2.45, 2.75) is 5.16 Å². The molecule has 0 N–H and O–H groups in total. The summed E-state index contributed by atoms with van der Waals surface area (Å²) in [4.78, 5) is 12.8. The highest BCUT2D eigenvalue weighted by molar-refractivity contribution is 7.99. The second-order valence-corrected chi connectivity index (χ2v) is 7.13. The molecule has 0 aliphatic rings. The number of hydrogen-bond acceptors (Lipinski definition) is 6. The Kier molecular flexibility index (Phi) is 5.00. The van der Waals surface area contributed by atoms with E-state index in [9.17, 15) is 4.79 Å². The van der Waals surface area contributed by atoms with Crippen LogP contribution in [-0.4, -0.2) is 33.4 Å². The normalized spacial score (nSPS) is 10.7. The molecule has 2 aromatic heterocycles. The van der Waals surface area contributed by atoms with E-state index >= 15 is 0 Å². The number of carbonyl (C=O) groups is 1. The highest BCUT2D eigenvalue weighted by Crippen LogP contribution is 2.28. The molecule has 0 atom stereocenters. The maximum absolute atomic E-state index is 12.2. The zero-order chi connectivity index (χ0) is 16.2. The number of Topliss-reactive ketones (excluding diaryl/α,β-unsaturated/α-hetero) is 1. The molecule has 0 aliphatic carbocycles. The fraction of sp³-hybridized carbons (Fsp3) is 0.133. The fourth-order valence-electron chi connectivity index (χ4n) is 1.98. The van der Waals surface area contributed by atoms with Gasteiger partial charge in [-0.05, 0) is 24.3 Å². The van der Waals surface area contributed by atoms with Gasteiger partial charge in [0.1, 0.15) is 12.1 Å². The largest absolute Gasteiger partial charge is 0.495 e. The number of para-hydroxylation sites is 2. The summed E-state index contributed by atoms with van der Waals surface area (Å²) in [6.07, 6.45) is 1.60. The Morgan fingerprint density at radius 1 is 1.35 bits per heavy atom. The molecule has 5 nitrogen and oxygen atoms in total. The summed E-state index contributed by atoms with van der Waals surface area (Å²) < 4.78 is 7.77. The molecule has 0 saturated heterocycles. The van der Waals surface area contributed by atoms with Crippen molar-refractivity contribution in [3.63, 3.8) is 0 Å². The van der Waals surface area contributed by atoms with Gasteiger partial charge in [-0.25, -0.2) is 0 Å². The summed E-state index contributed by atoms with van der Waals surface area (Å²) in [5, 5.41) is 8.65. The van der Waals surface area contributed by atoms with E-state index in [1.807, 2.05) is 24.3 Å². The van der Waals surface area contributed by atoms with E-state index in [-0.39, 0.29) is 11.5 Å². The fourth-order valence-corrected chi connectivity index (χ4v) is 3.86. The molecule has 0 saturated carbocycles. The number of ether oxygens (including phenoxy) is 1. The van der Waals surface area contributed by atoms with Gasteiger partial charge in [-0.1, -0.05) is 35.5 Å². The van der Waals surface area contributed by atoms with Gasteiger partial charge in [0.05, 0.1) is 27.8 Å². The molecule has 0 radical (unpaired) electrons. The van der Waals surface area contributed by atoms with Crippen molar-refractivity contribution in [1.82, 2.24) is 14.8 Å². The Morgan fingerprint density at radius 3 is 2.91 bits per heavy atom. The monoisotopic (exact) mass is 365 g/mol. The van der Waals surface area contributed by atoms with E-state index < -0.39 is 0 Å². The molecule has 1 aromatic carbocycles. The lowest BCUT2D eigenvalue weighted by Crippen LogP contribution is -2.03. The summed E-state index contributed by atoms with van der Waals surface area (Å²) in [5.74, 6) is 0.997. The first-order valence-corrected chi connectivity index (χ1v) is 8.82. The third kappa shape index (κ3) is 3.57. The number of ketones is 1. The van der Waals surface area contributed by atoms with Crippen molar-refractivity contribution in [1.29, 1.82) is 0 Å². The highest BCUT2D eigenvalue weighted by atomic mass is 35.5. The highest BCUT2D eigenvalue weighted by Gasteiger charge is 2.14.